The lowest BCUT2D eigenvalue weighted by Gasteiger charge is -2.40. The lowest BCUT2D eigenvalue weighted by Crippen LogP contribution is -2.42. The number of esters is 2. The monoisotopic (exact) mass is 485 g/mol. The van der Waals surface area contributed by atoms with E-state index in [4.69, 9.17) is 18.9 Å². The molecule has 2 aromatic carbocycles. The molecule has 4 heterocycles. The Balaban J connectivity index is 1.19. The van der Waals surface area contributed by atoms with E-state index in [1.54, 1.807) is 4.90 Å². The Kier molecular flexibility index (Phi) is 4.48. The Hall–Kier alpha value is -3.91. The normalized spacial score (nSPS) is 29.4. The van der Waals surface area contributed by atoms with Crippen molar-refractivity contribution in [1.82, 2.24) is 4.90 Å². The van der Waals surface area contributed by atoms with Crippen molar-refractivity contribution in [1.29, 1.82) is 0 Å². The fourth-order valence-electron chi connectivity index (χ4n) is 6.64. The first kappa shape index (κ1) is 21.4. The zero-order valence-corrected chi connectivity index (χ0v) is 19.7. The molecule has 8 nitrogen and oxygen atoms in total. The molecule has 1 aliphatic carbocycles. The van der Waals surface area contributed by atoms with Gasteiger partial charge in [-0.2, -0.15) is 0 Å². The van der Waals surface area contributed by atoms with Gasteiger partial charge in [-0.25, -0.2) is 14.4 Å². The maximum absolute atomic E-state index is 13.1. The summed E-state index contributed by atoms with van der Waals surface area (Å²) in [7, 11) is 2.61. The van der Waals surface area contributed by atoms with Crippen molar-refractivity contribution in [3.05, 3.63) is 93.6 Å². The molecule has 1 fully saturated rings. The SMILES string of the molecule is COC(=O)C1=C(C(=O)OC)[C@H]2[C@@H]1[C@H]1O[C@@H]2c2cc3c(cc21)[C@@H]1C=C[C@H]3N1C(=O)OCc1ccccc1. The van der Waals surface area contributed by atoms with Crippen LogP contribution in [0.4, 0.5) is 4.79 Å². The third-order valence-corrected chi connectivity index (χ3v) is 8.13. The van der Waals surface area contributed by atoms with Crippen molar-refractivity contribution in [2.75, 3.05) is 14.2 Å². The average Bonchev–Trinajstić information content (AvgIpc) is 3.63. The van der Waals surface area contributed by atoms with Crippen molar-refractivity contribution < 1.29 is 33.3 Å². The summed E-state index contributed by atoms with van der Waals surface area (Å²) >= 11 is 0. The van der Waals surface area contributed by atoms with E-state index in [9.17, 15) is 14.4 Å². The highest BCUT2D eigenvalue weighted by Gasteiger charge is 2.64. The third-order valence-electron chi connectivity index (χ3n) is 8.13. The van der Waals surface area contributed by atoms with Crippen molar-refractivity contribution in [3.63, 3.8) is 0 Å². The fourth-order valence-corrected chi connectivity index (χ4v) is 6.64. The van der Waals surface area contributed by atoms with Crippen LogP contribution in [-0.2, 0) is 35.1 Å². The molecule has 1 saturated heterocycles. The average molecular weight is 485 g/mol. The first-order valence-corrected chi connectivity index (χ1v) is 11.9. The highest BCUT2D eigenvalue weighted by atomic mass is 16.6. The van der Waals surface area contributed by atoms with Crippen LogP contribution in [-0.4, -0.2) is 37.2 Å². The first-order chi connectivity index (χ1) is 17.5. The van der Waals surface area contributed by atoms with Crippen LogP contribution in [0.25, 0.3) is 0 Å². The molecule has 0 N–H and O–H groups in total. The largest absolute Gasteiger partial charge is 0.466 e. The number of ether oxygens (including phenoxy) is 4. The van der Waals surface area contributed by atoms with Crippen LogP contribution < -0.4 is 0 Å². The Labute approximate surface area is 207 Å². The van der Waals surface area contributed by atoms with Crippen molar-refractivity contribution in [2.24, 2.45) is 11.8 Å². The molecule has 6 atom stereocenters. The second-order valence-electron chi connectivity index (χ2n) is 9.67. The number of hydrogen-bond acceptors (Lipinski definition) is 7. The number of amides is 1. The summed E-state index contributed by atoms with van der Waals surface area (Å²) in [6.45, 7) is 0.210. The van der Waals surface area contributed by atoms with Gasteiger partial charge >= 0.3 is 18.0 Å². The Morgan fingerprint density at radius 1 is 0.806 bits per heavy atom. The molecule has 0 unspecified atom stereocenters. The molecule has 7 rings (SSSR count). The summed E-state index contributed by atoms with van der Waals surface area (Å²) in [5.41, 5.74) is 5.72. The predicted octanol–water partition coefficient (Wildman–Crippen LogP) is 4.01. The minimum Gasteiger partial charge on any atom is -0.466 e. The molecule has 8 heteroatoms. The summed E-state index contributed by atoms with van der Waals surface area (Å²) in [5, 5.41) is 0. The number of rotatable bonds is 4. The minimum absolute atomic E-state index is 0.210. The quantitative estimate of drug-likeness (QED) is 0.367. The van der Waals surface area contributed by atoms with Gasteiger partial charge in [0, 0.05) is 11.8 Å². The van der Waals surface area contributed by atoms with Crippen LogP contribution in [0.15, 0.2) is 65.8 Å². The minimum atomic E-state index is -0.523. The number of methoxy groups -OCH3 is 2. The number of benzene rings is 2. The molecule has 5 aliphatic rings. The Bertz CT molecular complexity index is 1320. The molecule has 0 radical (unpaired) electrons. The van der Waals surface area contributed by atoms with Crippen LogP contribution in [0.3, 0.4) is 0 Å². The molecule has 0 aromatic heterocycles. The fraction of sp³-hybridized carbons (Fsp3) is 0.321. The van der Waals surface area contributed by atoms with Gasteiger partial charge in [-0.05, 0) is 27.8 Å². The van der Waals surface area contributed by atoms with E-state index in [-0.39, 0.29) is 48.8 Å². The van der Waals surface area contributed by atoms with E-state index < -0.39 is 11.9 Å². The molecule has 36 heavy (non-hydrogen) atoms. The number of fused-ring (bicyclic) bond motifs is 13. The second-order valence-corrected chi connectivity index (χ2v) is 9.67. The number of hydrogen-bond donors (Lipinski definition) is 0. The third kappa shape index (κ3) is 2.65. The summed E-state index contributed by atoms with van der Waals surface area (Å²) in [4.78, 5) is 39.9. The van der Waals surface area contributed by atoms with Crippen LogP contribution >= 0.6 is 0 Å². The molecule has 4 bridgehead atoms. The van der Waals surface area contributed by atoms with E-state index in [2.05, 4.69) is 12.1 Å². The lowest BCUT2D eigenvalue weighted by atomic mass is 9.59. The van der Waals surface area contributed by atoms with Gasteiger partial charge in [-0.1, -0.05) is 54.6 Å². The van der Waals surface area contributed by atoms with Crippen LogP contribution in [0, 0.1) is 11.8 Å². The van der Waals surface area contributed by atoms with Crippen LogP contribution in [0.1, 0.15) is 52.1 Å². The van der Waals surface area contributed by atoms with Crippen molar-refractivity contribution >= 4 is 18.0 Å². The van der Waals surface area contributed by atoms with E-state index in [1.807, 2.05) is 42.5 Å². The number of carbonyl (C=O) groups is 3. The van der Waals surface area contributed by atoms with Gasteiger partial charge in [-0.3, -0.25) is 4.90 Å². The molecular weight excluding hydrogens is 462 g/mol. The molecule has 182 valence electrons. The molecule has 2 aromatic rings. The van der Waals surface area contributed by atoms with Gasteiger partial charge in [0.05, 0.1) is 49.7 Å². The molecule has 1 amide bonds. The summed E-state index contributed by atoms with van der Waals surface area (Å²) in [5.74, 6) is -1.54. The van der Waals surface area contributed by atoms with Crippen molar-refractivity contribution in [2.45, 2.75) is 30.9 Å². The van der Waals surface area contributed by atoms with Gasteiger partial charge in [-0.15, -0.1) is 0 Å². The maximum Gasteiger partial charge on any atom is 0.411 e. The predicted molar refractivity (Wildman–Crippen MR) is 124 cm³/mol. The van der Waals surface area contributed by atoms with Gasteiger partial charge in [0.15, 0.2) is 0 Å². The summed E-state index contributed by atoms with van der Waals surface area (Å²) in [6.07, 6.45) is 3.00. The van der Waals surface area contributed by atoms with Gasteiger partial charge in [0.1, 0.15) is 6.61 Å². The maximum atomic E-state index is 13.1. The number of nitrogens with zero attached hydrogens (tertiary/aromatic N) is 1. The van der Waals surface area contributed by atoms with Gasteiger partial charge in [0.2, 0.25) is 0 Å². The summed E-state index contributed by atoms with van der Waals surface area (Å²) in [6, 6.07) is 13.4. The number of carbonyl (C=O) groups excluding carboxylic acids is 3. The topological polar surface area (TPSA) is 91.4 Å². The molecule has 0 saturated carbocycles. The second kappa shape index (κ2) is 7.54. The molecular formula is C28H23NO7. The van der Waals surface area contributed by atoms with E-state index in [0.29, 0.717) is 11.1 Å². The van der Waals surface area contributed by atoms with Crippen LogP contribution in [0.5, 0.6) is 0 Å². The standard InChI is InChI=1S/C28H23NO7/c1-33-26(30)22-20-21(23(22)27(31)34-2)25-17-11-15-14(10-16(17)24(20)36-25)18-8-9-19(15)29(18)28(32)35-12-13-6-4-3-5-7-13/h3-11,18-21,24-25H,12H2,1-2H3/t18-,19+,20-,21+,24-,25+. The lowest BCUT2D eigenvalue weighted by molar-refractivity contribution is -0.142. The first-order valence-electron chi connectivity index (χ1n) is 11.9. The van der Waals surface area contributed by atoms with E-state index in [0.717, 1.165) is 27.8 Å². The highest BCUT2D eigenvalue weighted by molar-refractivity contribution is 6.05. The summed E-state index contributed by atoms with van der Waals surface area (Å²) < 4.78 is 21.9. The molecule has 4 aliphatic heterocycles. The van der Waals surface area contributed by atoms with E-state index >= 15 is 0 Å². The Morgan fingerprint density at radius 3 is 1.83 bits per heavy atom. The zero-order chi connectivity index (χ0) is 24.7. The van der Waals surface area contributed by atoms with Crippen LogP contribution in [0.2, 0.25) is 0 Å². The van der Waals surface area contributed by atoms with Gasteiger partial charge in [0.25, 0.3) is 0 Å². The smallest absolute Gasteiger partial charge is 0.411 e. The van der Waals surface area contributed by atoms with E-state index in [1.165, 1.54) is 14.2 Å². The molecule has 0 spiro atoms. The van der Waals surface area contributed by atoms with Crippen molar-refractivity contribution in [3.8, 4) is 0 Å². The van der Waals surface area contributed by atoms with Gasteiger partial charge < -0.3 is 18.9 Å². The Morgan fingerprint density at radius 2 is 1.33 bits per heavy atom. The highest BCUT2D eigenvalue weighted by Crippen LogP contribution is 2.68. The zero-order valence-electron chi connectivity index (χ0n) is 19.7.